The summed E-state index contributed by atoms with van der Waals surface area (Å²) in [4.78, 5) is 40.7. The van der Waals surface area contributed by atoms with Gasteiger partial charge >= 0.3 is 6.16 Å². The van der Waals surface area contributed by atoms with Crippen molar-refractivity contribution in [2.24, 2.45) is 0 Å². The molecule has 9 nitrogen and oxygen atoms in total. The lowest BCUT2D eigenvalue weighted by molar-refractivity contribution is -0.141. The summed E-state index contributed by atoms with van der Waals surface area (Å²) in [6.45, 7) is 3.79. The minimum Gasteiger partial charge on any atom is -0.497 e. The van der Waals surface area contributed by atoms with Crippen molar-refractivity contribution in [2.45, 2.75) is 31.9 Å². The molecule has 34 heavy (non-hydrogen) atoms. The average molecular weight is 493 g/mol. The Balaban J connectivity index is 2.33. The first-order valence-electron chi connectivity index (χ1n) is 10.7. The van der Waals surface area contributed by atoms with Gasteiger partial charge in [-0.1, -0.05) is 18.2 Å². The number of hydrogen-bond donors (Lipinski definition) is 1. The van der Waals surface area contributed by atoms with Gasteiger partial charge < -0.3 is 29.2 Å². The SMILES string of the molecule is COCCN(C(=O)Cc1cccs1)C(C(=O)NCC(C)(C)OC(=O)OC)c1ccc(OC)cc1. The van der Waals surface area contributed by atoms with Gasteiger partial charge in [0.2, 0.25) is 11.8 Å². The minimum atomic E-state index is -1.02. The zero-order valence-electron chi connectivity index (χ0n) is 20.2. The second-order valence-corrected chi connectivity index (χ2v) is 9.08. The number of thiophene rings is 1. The number of benzene rings is 1. The lowest BCUT2D eigenvalue weighted by Crippen LogP contribution is -2.49. The monoisotopic (exact) mass is 492 g/mol. The molecule has 1 atom stereocenters. The second kappa shape index (κ2) is 13.0. The Morgan fingerprint density at radius 1 is 1.09 bits per heavy atom. The first-order valence-corrected chi connectivity index (χ1v) is 11.6. The van der Waals surface area contributed by atoms with E-state index in [1.54, 1.807) is 45.2 Å². The number of methoxy groups -OCH3 is 3. The first-order chi connectivity index (χ1) is 16.2. The van der Waals surface area contributed by atoms with Gasteiger partial charge in [-0.3, -0.25) is 9.59 Å². The van der Waals surface area contributed by atoms with Crippen molar-refractivity contribution in [3.63, 3.8) is 0 Å². The summed E-state index contributed by atoms with van der Waals surface area (Å²) in [7, 11) is 4.30. The van der Waals surface area contributed by atoms with E-state index in [0.717, 1.165) is 4.88 Å². The zero-order chi connectivity index (χ0) is 25.1. The molecule has 0 aliphatic carbocycles. The van der Waals surface area contributed by atoms with Crippen LogP contribution >= 0.6 is 11.3 Å². The van der Waals surface area contributed by atoms with E-state index in [2.05, 4.69) is 10.1 Å². The average Bonchev–Trinajstić information content (AvgIpc) is 3.33. The standard InChI is InChI=1S/C24H32N2O7S/c1-24(2,33-23(29)32-5)16-25-22(28)21(17-8-10-18(31-4)11-9-17)26(12-13-30-3)20(27)15-19-7-6-14-34-19/h6-11,14,21H,12-13,15-16H2,1-5H3,(H,25,28). The van der Waals surface area contributed by atoms with Gasteiger partial charge in [0, 0.05) is 18.5 Å². The molecule has 0 saturated heterocycles. The molecule has 1 aromatic carbocycles. The molecule has 1 unspecified atom stereocenters. The van der Waals surface area contributed by atoms with Gasteiger partial charge in [-0.2, -0.15) is 0 Å². The van der Waals surface area contributed by atoms with Gasteiger partial charge in [-0.25, -0.2) is 4.79 Å². The lowest BCUT2D eigenvalue weighted by Gasteiger charge is -2.32. The van der Waals surface area contributed by atoms with Crippen LogP contribution in [0.5, 0.6) is 5.75 Å². The predicted octanol–water partition coefficient (Wildman–Crippen LogP) is 3.19. The number of carbonyl (C=O) groups is 3. The van der Waals surface area contributed by atoms with E-state index in [4.69, 9.17) is 14.2 Å². The van der Waals surface area contributed by atoms with Crippen LogP contribution in [-0.2, 0) is 30.2 Å². The van der Waals surface area contributed by atoms with Crippen LogP contribution in [0.25, 0.3) is 0 Å². The summed E-state index contributed by atoms with van der Waals surface area (Å²) in [5.41, 5.74) is -0.411. The normalized spacial score (nSPS) is 11.9. The second-order valence-electron chi connectivity index (χ2n) is 8.05. The highest BCUT2D eigenvalue weighted by atomic mass is 32.1. The maximum atomic E-state index is 13.5. The molecule has 186 valence electrons. The molecule has 2 amide bonds. The highest BCUT2D eigenvalue weighted by Gasteiger charge is 2.33. The maximum Gasteiger partial charge on any atom is 0.508 e. The number of carbonyl (C=O) groups excluding carboxylic acids is 3. The molecule has 0 aliphatic rings. The zero-order valence-corrected chi connectivity index (χ0v) is 21.0. The molecule has 2 aromatic rings. The van der Waals surface area contributed by atoms with Crippen LogP contribution in [0.2, 0.25) is 0 Å². The van der Waals surface area contributed by atoms with Crippen LogP contribution in [0.3, 0.4) is 0 Å². The molecule has 0 bridgehead atoms. The van der Waals surface area contributed by atoms with Crippen molar-refractivity contribution >= 4 is 29.3 Å². The Hall–Kier alpha value is -3.11. The van der Waals surface area contributed by atoms with E-state index in [1.165, 1.54) is 30.5 Å². The van der Waals surface area contributed by atoms with Crippen LogP contribution in [0.4, 0.5) is 4.79 Å². The highest BCUT2D eigenvalue weighted by molar-refractivity contribution is 7.10. The number of nitrogens with zero attached hydrogens (tertiary/aromatic N) is 1. The Morgan fingerprint density at radius 2 is 1.79 bits per heavy atom. The fraction of sp³-hybridized carbons (Fsp3) is 0.458. The number of ether oxygens (including phenoxy) is 4. The van der Waals surface area contributed by atoms with Crippen molar-refractivity contribution in [1.82, 2.24) is 10.2 Å². The van der Waals surface area contributed by atoms with Crippen molar-refractivity contribution in [2.75, 3.05) is 41.0 Å². The Morgan fingerprint density at radius 3 is 2.35 bits per heavy atom. The fourth-order valence-corrected chi connectivity index (χ4v) is 3.91. The molecule has 0 spiro atoms. The Kier molecular flexibility index (Phi) is 10.3. The van der Waals surface area contributed by atoms with Crippen LogP contribution in [0, 0.1) is 0 Å². The lowest BCUT2D eigenvalue weighted by atomic mass is 10.0. The van der Waals surface area contributed by atoms with Crippen molar-refractivity contribution in [3.05, 3.63) is 52.2 Å². The van der Waals surface area contributed by atoms with Gasteiger partial charge in [0.05, 0.1) is 33.8 Å². The third-order valence-corrected chi connectivity index (χ3v) is 5.84. The van der Waals surface area contributed by atoms with E-state index in [9.17, 15) is 14.4 Å². The number of hydrogen-bond acceptors (Lipinski definition) is 8. The molecule has 1 aromatic heterocycles. The Bertz CT molecular complexity index is 929. The topological polar surface area (TPSA) is 103 Å². The predicted molar refractivity (Wildman–Crippen MR) is 128 cm³/mol. The summed E-state index contributed by atoms with van der Waals surface area (Å²) in [6, 6.07) is 9.80. The van der Waals surface area contributed by atoms with Gasteiger partial charge in [-0.15, -0.1) is 11.3 Å². The third kappa shape index (κ3) is 8.03. The summed E-state index contributed by atoms with van der Waals surface area (Å²) in [6.07, 6.45) is -0.683. The summed E-state index contributed by atoms with van der Waals surface area (Å²) in [5, 5.41) is 4.72. The van der Waals surface area contributed by atoms with Crippen molar-refractivity contribution in [1.29, 1.82) is 0 Å². The van der Waals surface area contributed by atoms with E-state index in [-0.39, 0.29) is 32.0 Å². The highest BCUT2D eigenvalue weighted by Crippen LogP contribution is 2.25. The largest absolute Gasteiger partial charge is 0.508 e. The van der Waals surface area contributed by atoms with E-state index < -0.39 is 23.7 Å². The summed E-state index contributed by atoms with van der Waals surface area (Å²) < 4.78 is 20.2. The van der Waals surface area contributed by atoms with Crippen molar-refractivity contribution < 1.29 is 33.3 Å². The maximum absolute atomic E-state index is 13.5. The van der Waals surface area contributed by atoms with E-state index in [1.807, 2.05) is 17.5 Å². The van der Waals surface area contributed by atoms with Gasteiger partial charge in [0.1, 0.15) is 17.4 Å². The molecule has 0 saturated carbocycles. The molecule has 2 rings (SSSR count). The number of rotatable bonds is 12. The molecule has 10 heteroatoms. The molecule has 0 aliphatic heterocycles. The van der Waals surface area contributed by atoms with Gasteiger partial charge in [0.25, 0.3) is 0 Å². The number of nitrogens with one attached hydrogen (secondary N) is 1. The third-order valence-electron chi connectivity index (χ3n) is 4.97. The summed E-state index contributed by atoms with van der Waals surface area (Å²) in [5.74, 6) is 0.00625. The van der Waals surface area contributed by atoms with Crippen LogP contribution < -0.4 is 10.1 Å². The smallest absolute Gasteiger partial charge is 0.497 e. The first kappa shape index (κ1) is 27.1. The quantitative estimate of drug-likeness (QED) is 0.454. The van der Waals surface area contributed by atoms with Crippen LogP contribution in [0.15, 0.2) is 41.8 Å². The summed E-state index contributed by atoms with van der Waals surface area (Å²) >= 11 is 1.48. The van der Waals surface area contributed by atoms with Gasteiger partial charge in [0.15, 0.2) is 0 Å². The van der Waals surface area contributed by atoms with E-state index >= 15 is 0 Å². The molecule has 1 N–H and O–H groups in total. The molecule has 0 radical (unpaired) electrons. The molecular weight excluding hydrogens is 460 g/mol. The van der Waals surface area contributed by atoms with Crippen LogP contribution in [-0.4, -0.2) is 69.5 Å². The van der Waals surface area contributed by atoms with E-state index in [0.29, 0.717) is 11.3 Å². The molecule has 1 heterocycles. The molecule has 0 fully saturated rings. The van der Waals surface area contributed by atoms with Crippen LogP contribution in [0.1, 0.15) is 30.3 Å². The fourth-order valence-electron chi connectivity index (χ4n) is 3.21. The number of amides is 2. The van der Waals surface area contributed by atoms with Gasteiger partial charge in [-0.05, 0) is 43.0 Å². The Labute approximate surface area is 203 Å². The molecular formula is C24H32N2O7S. The minimum absolute atomic E-state index is 0.0187. The van der Waals surface area contributed by atoms with Crippen molar-refractivity contribution in [3.8, 4) is 5.75 Å².